The smallest absolute Gasteiger partial charge is 0.310 e. The molecule has 20 heavy (non-hydrogen) atoms. The van der Waals surface area contributed by atoms with Gasteiger partial charge in [0.25, 0.3) is 0 Å². The summed E-state index contributed by atoms with van der Waals surface area (Å²) in [4.78, 5) is 16.7. The second-order valence-electron chi connectivity index (χ2n) is 7.17. The largest absolute Gasteiger partial charge is 0.481 e. The van der Waals surface area contributed by atoms with Crippen molar-refractivity contribution in [2.24, 2.45) is 11.3 Å². The lowest BCUT2D eigenvalue weighted by Gasteiger charge is -2.41. The number of rotatable bonds is 5. The van der Waals surface area contributed by atoms with E-state index in [9.17, 15) is 9.90 Å². The van der Waals surface area contributed by atoms with Gasteiger partial charge in [-0.1, -0.05) is 19.3 Å². The van der Waals surface area contributed by atoms with E-state index in [2.05, 4.69) is 9.80 Å². The molecule has 0 unspecified atom stereocenters. The molecule has 2 aliphatic carbocycles. The summed E-state index contributed by atoms with van der Waals surface area (Å²) in [5.41, 5.74) is -0.448. The predicted octanol–water partition coefficient (Wildman–Crippen LogP) is 2.05. The van der Waals surface area contributed by atoms with Crippen LogP contribution >= 0.6 is 0 Å². The van der Waals surface area contributed by atoms with Gasteiger partial charge in [-0.15, -0.1) is 0 Å². The van der Waals surface area contributed by atoms with Gasteiger partial charge in [0.2, 0.25) is 0 Å². The average molecular weight is 280 g/mol. The Morgan fingerprint density at radius 3 is 2.15 bits per heavy atom. The molecule has 1 saturated heterocycles. The highest BCUT2D eigenvalue weighted by Crippen LogP contribution is 2.37. The molecule has 1 aliphatic heterocycles. The Morgan fingerprint density at radius 1 is 1.00 bits per heavy atom. The Labute approximate surface area is 122 Å². The zero-order valence-corrected chi connectivity index (χ0v) is 12.5. The number of carboxylic acid groups (broad SMARTS) is 1. The number of carbonyl (C=O) groups is 1. The third-order valence-electron chi connectivity index (χ3n) is 5.47. The van der Waals surface area contributed by atoms with Crippen LogP contribution in [0.1, 0.15) is 44.9 Å². The number of hydrogen-bond acceptors (Lipinski definition) is 3. The van der Waals surface area contributed by atoms with Gasteiger partial charge >= 0.3 is 5.97 Å². The van der Waals surface area contributed by atoms with E-state index in [1.54, 1.807) is 0 Å². The molecule has 1 heterocycles. The van der Waals surface area contributed by atoms with E-state index in [1.165, 1.54) is 25.8 Å². The van der Waals surface area contributed by atoms with Gasteiger partial charge in [-0.25, -0.2) is 0 Å². The van der Waals surface area contributed by atoms with Crippen molar-refractivity contribution in [3.8, 4) is 0 Å². The number of piperazine rings is 1. The molecule has 0 aromatic heterocycles. The van der Waals surface area contributed by atoms with E-state index >= 15 is 0 Å². The average Bonchev–Trinajstić information content (AvgIpc) is 3.26. The first kappa shape index (κ1) is 14.3. The van der Waals surface area contributed by atoms with E-state index in [-0.39, 0.29) is 0 Å². The summed E-state index contributed by atoms with van der Waals surface area (Å²) in [6.45, 7) is 6.43. The van der Waals surface area contributed by atoms with Crippen LogP contribution in [0.25, 0.3) is 0 Å². The summed E-state index contributed by atoms with van der Waals surface area (Å²) in [6.07, 6.45) is 7.99. The molecule has 3 fully saturated rings. The summed E-state index contributed by atoms with van der Waals surface area (Å²) in [7, 11) is 0. The van der Waals surface area contributed by atoms with Gasteiger partial charge in [-0.2, -0.15) is 0 Å². The molecule has 114 valence electrons. The lowest BCUT2D eigenvalue weighted by atomic mass is 9.73. The third kappa shape index (κ3) is 3.34. The van der Waals surface area contributed by atoms with E-state index in [0.29, 0.717) is 0 Å². The molecular formula is C16H28N2O2. The summed E-state index contributed by atoms with van der Waals surface area (Å²) < 4.78 is 0. The Morgan fingerprint density at radius 2 is 1.60 bits per heavy atom. The Hall–Kier alpha value is -0.610. The van der Waals surface area contributed by atoms with E-state index in [1.807, 2.05) is 0 Å². The number of nitrogens with zero attached hydrogens (tertiary/aromatic N) is 2. The van der Waals surface area contributed by atoms with Crippen molar-refractivity contribution in [2.45, 2.75) is 44.9 Å². The highest BCUT2D eigenvalue weighted by atomic mass is 16.4. The van der Waals surface area contributed by atoms with Gasteiger partial charge in [0.1, 0.15) is 0 Å². The molecule has 0 aromatic carbocycles. The van der Waals surface area contributed by atoms with Crippen LogP contribution in [0.4, 0.5) is 0 Å². The topological polar surface area (TPSA) is 43.8 Å². The minimum Gasteiger partial charge on any atom is -0.481 e. The lowest BCUT2D eigenvalue weighted by Crippen LogP contribution is -2.52. The molecule has 2 saturated carbocycles. The number of aliphatic carboxylic acids is 1. The van der Waals surface area contributed by atoms with Crippen LogP contribution in [-0.4, -0.2) is 60.1 Å². The number of carboxylic acids is 1. The second kappa shape index (κ2) is 6.02. The van der Waals surface area contributed by atoms with Crippen LogP contribution in [0, 0.1) is 11.3 Å². The van der Waals surface area contributed by atoms with E-state index in [4.69, 9.17) is 0 Å². The molecule has 3 rings (SSSR count). The Kier molecular flexibility index (Phi) is 4.32. The van der Waals surface area contributed by atoms with Crippen molar-refractivity contribution in [3.63, 3.8) is 0 Å². The molecular weight excluding hydrogens is 252 g/mol. The molecule has 0 aromatic rings. The molecule has 0 radical (unpaired) electrons. The molecule has 3 aliphatic rings. The first-order valence-electron chi connectivity index (χ1n) is 8.36. The summed E-state index contributed by atoms with van der Waals surface area (Å²) in [6, 6.07) is 0. The zero-order valence-electron chi connectivity index (χ0n) is 12.5. The van der Waals surface area contributed by atoms with Gasteiger partial charge in [0, 0.05) is 39.3 Å². The minimum atomic E-state index is -0.558. The molecule has 4 nitrogen and oxygen atoms in total. The van der Waals surface area contributed by atoms with Gasteiger partial charge in [0.05, 0.1) is 5.41 Å². The normalized spacial score (nSPS) is 28.4. The second-order valence-corrected chi connectivity index (χ2v) is 7.17. The monoisotopic (exact) mass is 280 g/mol. The van der Waals surface area contributed by atoms with E-state index in [0.717, 1.165) is 64.3 Å². The maximum absolute atomic E-state index is 11.7. The first-order valence-corrected chi connectivity index (χ1v) is 8.36. The maximum atomic E-state index is 11.7. The Balaban J connectivity index is 1.50. The molecule has 1 N–H and O–H groups in total. The van der Waals surface area contributed by atoms with Crippen LogP contribution in [0.15, 0.2) is 0 Å². The SMILES string of the molecule is O=C(O)C1(CN2CCN(CC3CC3)CC2)CCCCC1. The van der Waals surface area contributed by atoms with Crippen molar-refractivity contribution in [1.82, 2.24) is 9.80 Å². The highest BCUT2D eigenvalue weighted by molar-refractivity contribution is 5.75. The minimum absolute atomic E-state index is 0.448. The van der Waals surface area contributed by atoms with Crippen molar-refractivity contribution in [1.29, 1.82) is 0 Å². The van der Waals surface area contributed by atoms with Crippen LogP contribution in [0.3, 0.4) is 0 Å². The van der Waals surface area contributed by atoms with Crippen molar-refractivity contribution in [2.75, 3.05) is 39.3 Å². The quantitative estimate of drug-likeness (QED) is 0.837. The maximum Gasteiger partial charge on any atom is 0.310 e. The van der Waals surface area contributed by atoms with Crippen molar-refractivity contribution < 1.29 is 9.90 Å². The fourth-order valence-corrected chi connectivity index (χ4v) is 3.89. The zero-order chi connectivity index (χ0) is 14.0. The van der Waals surface area contributed by atoms with E-state index < -0.39 is 11.4 Å². The van der Waals surface area contributed by atoms with Crippen LogP contribution in [0.5, 0.6) is 0 Å². The van der Waals surface area contributed by atoms with Gasteiger partial charge in [-0.3, -0.25) is 9.69 Å². The fourth-order valence-electron chi connectivity index (χ4n) is 3.89. The van der Waals surface area contributed by atoms with Gasteiger partial charge in [-0.05, 0) is 31.6 Å². The third-order valence-corrected chi connectivity index (χ3v) is 5.47. The van der Waals surface area contributed by atoms with Crippen molar-refractivity contribution >= 4 is 5.97 Å². The summed E-state index contributed by atoms with van der Waals surface area (Å²) in [5, 5.41) is 9.66. The molecule has 0 amide bonds. The molecule has 0 spiro atoms. The van der Waals surface area contributed by atoms with Crippen LogP contribution < -0.4 is 0 Å². The Bertz CT molecular complexity index is 340. The van der Waals surface area contributed by atoms with Gasteiger partial charge < -0.3 is 10.0 Å². The van der Waals surface area contributed by atoms with Crippen LogP contribution in [0.2, 0.25) is 0 Å². The summed E-state index contributed by atoms with van der Waals surface area (Å²) >= 11 is 0. The highest BCUT2D eigenvalue weighted by Gasteiger charge is 2.41. The molecule has 4 heteroatoms. The standard InChI is InChI=1S/C16H28N2O2/c19-15(20)16(6-2-1-3-7-16)13-18-10-8-17(9-11-18)12-14-4-5-14/h14H,1-13H2,(H,19,20). The predicted molar refractivity (Wildman–Crippen MR) is 78.8 cm³/mol. The lowest BCUT2D eigenvalue weighted by molar-refractivity contribution is -0.152. The van der Waals surface area contributed by atoms with Gasteiger partial charge in [0.15, 0.2) is 0 Å². The van der Waals surface area contributed by atoms with Crippen molar-refractivity contribution in [3.05, 3.63) is 0 Å². The first-order chi connectivity index (χ1) is 9.68. The number of hydrogen-bond donors (Lipinski definition) is 1. The summed E-state index contributed by atoms with van der Waals surface area (Å²) in [5.74, 6) is 0.405. The molecule has 0 atom stereocenters. The fraction of sp³-hybridized carbons (Fsp3) is 0.938. The van der Waals surface area contributed by atoms with Crippen LogP contribution in [-0.2, 0) is 4.79 Å². The molecule has 0 bridgehead atoms.